The molecule has 6 heteroatoms. The van der Waals surface area contributed by atoms with Crippen LogP contribution in [0, 0.1) is 5.41 Å². The molecule has 0 bridgehead atoms. The Balaban J connectivity index is 2.41. The van der Waals surface area contributed by atoms with Crippen LogP contribution in [0.3, 0.4) is 0 Å². The van der Waals surface area contributed by atoms with E-state index in [9.17, 15) is 9.59 Å². The van der Waals surface area contributed by atoms with Crippen LogP contribution in [0.15, 0.2) is 22.6 Å². The minimum atomic E-state index is -0.813. The second-order valence-corrected chi connectivity index (χ2v) is 9.28. The summed E-state index contributed by atoms with van der Waals surface area (Å²) in [4.78, 5) is 27.4. The molecular formula is C19H25NO3S2. The Labute approximate surface area is 159 Å². The van der Waals surface area contributed by atoms with Crippen LogP contribution in [0.2, 0.25) is 0 Å². The maximum absolute atomic E-state index is 11.7. The van der Waals surface area contributed by atoms with Gasteiger partial charge in [-0.25, -0.2) is 4.98 Å². The predicted octanol–water partition coefficient (Wildman–Crippen LogP) is 4.93. The summed E-state index contributed by atoms with van der Waals surface area (Å²) in [6.07, 6.45) is 0.930. The minimum Gasteiger partial charge on any atom is -0.440 e. The SMILES string of the molecule is CC(C)(C)CC(C)(C)c1ccc2nc(C(CC(=O)S)C(=O)S)oc2c1. The maximum atomic E-state index is 11.7. The molecule has 1 unspecified atom stereocenters. The van der Waals surface area contributed by atoms with Crippen molar-refractivity contribution in [2.24, 2.45) is 5.41 Å². The third-order valence-electron chi connectivity index (χ3n) is 4.13. The third kappa shape index (κ3) is 5.11. The van der Waals surface area contributed by atoms with Crippen LogP contribution >= 0.6 is 25.3 Å². The first-order valence-electron chi connectivity index (χ1n) is 8.25. The highest BCUT2D eigenvalue weighted by molar-refractivity contribution is 7.97. The summed E-state index contributed by atoms with van der Waals surface area (Å²) in [6.45, 7) is 11.1. The lowest BCUT2D eigenvalue weighted by Crippen LogP contribution is -2.24. The molecule has 136 valence electrons. The lowest BCUT2D eigenvalue weighted by molar-refractivity contribution is -0.117. The first-order chi connectivity index (χ1) is 11.4. The van der Waals surface area contributed by atoms with Crippen LogP contribution < -0.4 is 0 Å². The number of carbonyl (C=O) groups is 2. The van der Waals surface area contributed by atoms with Gasteiger partial charge in [-0.2, -0.15) is 0 Å². The number of benzene rings is 1. The van der Waals surface area contributed by atoms with Gasteiger partial charge in [-0.15, -0.1) is 25.3 Å². The fourth-order valence-corrected chi connectivity index (χ4v) is 3.78. The molecular weight excluding hydrogens is 354 g/mol. The van der Waals surface area contributed by atoms with Crippen LogP contribution in [0.25, 0.3) is 11.1 Å². The van der Waals surface area contributed by atoms with Crippen molar-refractivity contribution in [3.8, 4) is 0 Å². The van der Waals surface area contributed by atoms with E-state index >= 15 is 0 Å². The van der Waals surface area contributed by atoms with Gasteiger partial charge in [0.1, 0.15) is 11.4 Å². The highest BCUT2D eigenvalue weighted by Crippen LogP contribution is 2.37. The molecule has 1 aromatic carbocycles. The molecule has 0 aliphatic carbocycles. The van der Waals surface area contributed by atoms with Crippen molar-refractivity contribution in [3.63, 3.8) is 0 Å². The van der Waals surface area contributed by atoms with Gasteiger partial charge in [0.05, 0.1) is 0 Å². The molecule has 1 atom stereocenters. The Morgan fingerprint density at radius 1 is 1.16 bits per heavy atom. The van der Waals surface area contributed by atoms with E-state index in [0.29, 0.717) is 11.1 Å². The van der Waals surface area contributed by atoms with E-state index in [1.54, 1.807) is 0 Å². The normalized spacial score (nSPS) is 13.9. The van der Waals surface area contributed by atoms with E-state index < -0.39 is 16.1 Å². The molecule has 25 heavy (non-hydrogen) atoms. The van der Waals surface area contributed by atoms with Crippen LogP contribution in [0.5, 0.6) is 0 Å². The molecule has 2 aromatic rings. The second kappa shape index (κ2) is 7.16. The van der Waals surface area contributed by atoms with Crippen molar-refractivity contribution in [2.75, 3.05) is 0 Å². The molecule has 0 fully saturated rings. The van der Waals surface area contributed by atoms with Gasteiger partial charge >= 0.3 is 0 Å². The Morgan fingerprint density at radius 3 is 2.32 bits per heavy atom. The van der Waals surface area contributed by atoms with Crippen molar-refractivity contribution < 1.29 is 14.0 Å². The van der Waals surface area contributed by atoms with Gasteiger partial charge < -0.3 is 4.42 Å². The molecule has 0 amide bonds. The summed E-state index contributed by atoms with van der Waals surface area (Å²) in [5, 5.41) is -0.858. The summed E-state index contributed by atoms with van der Waals surface area (Å²) in [5.74, 6) is -0.602. The van der Waals surface area contributed by atoms with Gasteiger partial charge in [0.2, 0.25) is 5.89 Å². The van der Waals surface area contributed by atoms with Crippen molar-refractivity contribution >= 4 is 46.6 Å². The Bertz CT molecular complexity index is 803. The van der Waals surface area contributed by atoms with Crippen LogP contribution in [0.1, 0.15) is 64.8 Å². The molecule has 4 nitrogen and oxygen atoms in total. The molecule has 2 rings (SSSR count). The topological polar surface area (TPSA) is 60.2 Å². The Hall–Kier alpha value is -1.27. The number of fused-ring (bicyclic) bond motifs is 1. The smallest absolute Gasteiger partial charge is 0.207 e. The van der Waals surface area contributed by atoms with Gasteiger partial charge in [-0.1, -0.05) is 40.7 Å². The molecule has 0 radical (unpaired) electrons. The van der Waals surface area contributed by atoms with E-state index in [4.69, 9.17) is 4.42 Å². The largest absolute Gasteiger partial charge is 0.440 e. The zero-order valence-corrected chi connectivity index (χ0v) is 17.1. The number of carbonyl (C=O) groups excluding carboxylic acids is 2. The summed E-state index contributed by atoms with van der Waals surface area (Å²) < 4.78 is 5.79. The summed E-state index contributed by atoms with van der Waals surface area (Å²) in [6, 6.07) is 5.91. The quantitative estimate of drug-likeness (QED) is 0.699. The van der Waals surface area contributed by atoms with E-state index in [2.05, 4.69) is 64.9 Å². The minimum absolute atomic E-state index is 0.0285. The standard InChI is InChI=1S/C19H25NO3S2/c1-18(2,3)10-19(4,5)11-6-7-13-14(8-11)23-16(20-13)12(17(22)25)9-15(21)24/h6-8,12H,9-10H2,1-5H3,(H,21,24)(H,22,25). The number of rotatable bonds is 6. The molecule has 0 saturated heterocycles. The first-order valence-corrected chi connectivity index (χ1v) is 9.14. The summed E-state index contributed by atoms with van der Waals surface area (Å²) in [7, 11) is 0. The van der Waals surface area contributed by atoms with E-state index in [1.165, 1.54) is 0 Å². The van der Waals surface area contributed by atoms with Crippen molar-refractivity contribution in [2.45, 2.75) is 58.8 Å². The van der Waals surface area contributed by atoms with E-state index in [-0.39, 0.29) is 23.1 Å². The Morgan fingerprint density at radius 2 is 1.80 bits per heavy atom. The van der Waals surface area contributed by atoms with Crippen molar-refractivity contribution in [3.05, 3.63) is 29.7 Å². The zero-order chi connectivity index (χ0) is 19.0. The third-order valence-corrected chi connectivity index (χ3v) is 4.63. The highest BCUT2D eigenvalue weighted by atomic mass is 32.1. The lowest BCUT2D eigenvalue weighted by Gasteiger charge is -2.32. The van der Waals surface area contributed by atoms with Crippen LogP contribution in [-0.4, -0.2) is 15.2 Å². The number of nitrogens with zero attached hydrogens (tertiary/aromatic N) is 1. The number of aromatic nitrogens is 1. The van der Waals surface area contributed by atoms with Crippen LogP contribution in [0.4, 0.5) is 0 Å². The summed E-state index contributed by atoms with van der Waals surface area (Å²) >= 11 is 7.59. The van der Waals surface area contributed by atoms with E-state index in [0.717, 1.165) is 12.0 Å². The first kappa shape index (κ1) is 20.0. The molecule has 0 N–H and O–H groups in total. The second-order valence-electron chi connectivity index (χ2n) is 8.34. The monoisotopic (exact) mass is 379 g/mol. The van der Waals surface area contributed by atoms with Crippen molar-refractivity contribution in [1.82, 2.24) is 4.98 Å². The molecule has 1 aromatic heterocycles. The fourth-order valence-electron chi connectivity index (χ4n) is 3.40. The Kier molecular flexibility index (Phi) is 5.74. The molecule has 0 aliphatic rings. The zero-order valence-electron chi connectivity index (χ0n) is 15.3. The van der Waals surface area contributed by atoms with Gasteiger partial charge in [0.15, 0.2) is 15.8 Å². The summed E-state index contributed by atoms with van der Waals surface area (Å²) in [5.41, 5.74) is 2.59. The lowest BCUT2D eigenvalue weighted by atomic mass is 9.72. The number of hydrogen-bond donors (Lipinski definition) is 2. The average molecular weight is 380 g/mol. The molecule has 0 saturated carbocycles. The van der Waals surface area contributed by atoms with Gasteiger partial charge in [0, 0.05) is 6.42 Å². The number of hydrogen-bond acceptors (Lipinski definition) is 4. The number of thiol groups is 2. The van der Waals surface area contributed by atoms with Gasteiger partial charge in [-0.05, 0) is 34.9 Å². The van der Waals surface area contributed by atoms with Crippen LogP contribution in [-0.2, 0) is 15.0 Å². The molecule has 0 aliphatic heterocycles. The maximum Gasteiger partial charge on any atom is 0.207 e. The van der Waals surface area contributed by atoms with Gasteiger partial charge in [0.25, 0.3) is 0 Å². The number of oxazole rings is 1. The van der Waals surface area contributed by atoms with E-state index in [1.807, 2.05) is 18.2 Å². The fraction of sp³-hybridized carbons (Fsp3) is 0.526. The average Bonchev–Trinajstić information content (AvgIpc) is 2.84. The highest BCUT2D eigenvalue weighted by Gasteiger charge is 2.29. The molecule has 1 heterocycles. The predicted molar refractivity (Wildman–Crippen MR) is 106 cm³/mol. The van der Waals surface area contributed by atoms with Crippen molar-refractivity contribution in [1.29, 1.82) is 0 Å². The van der Waals surface area contributed by atoms with Gasteiger partial charge in [-0.3, -0.25) is 9.59 Å². The molecule has 0 spiro atoms.